The molecule has 0 saturated carbocycles. The third-order valence-corrected chi connectivity index (χ3v) is 5.94. The van der Waals surface area contributed by atoms with Crippen molar-refractivity contribution in [3.05, 3.63) is 0 Å². The Morgan fingerprint density at radius 3 is 2.17 bits per heavy atom. The molecule has 1 atom stereocenters. The summed E-state index contributed by atoms with van der Waals surface area (Å²) in [6, 6.07) is 0. The minimum atomic E-state index is -3.36. The van der Waals surface area contributed by atoms with Gasteiger partial charge in [0.05, 0.1) is 4.83 Å². The highest BCUT2D eigenvalue weighted by Crippen LogP contribution is 2.14. The van der Waals surface area contributed by atoms with E-state index in [0.717, 1.165) is 6.42 Å². The van der Waals surface area contributed by atoms with Crippen LogP contribution in [0.25, 0.3) is 0 Å². The van der Waals surface area contributed by atoms with Crippen LogP contribution in [0.15, 0.2) is 0 Å². The molecule has 6 nitrogen and oxygen atoms in total. The van der Waals surface area contributed by atoms with Gasteiger partial charge in [0.1, 0.15) is 0 Å². The molecule has 0 aromatic carbocycles. The van der Waals surface area contributed by atoms with Crippen LogP contribution < -0.4 is 0 Å². The van der Waals surface area contributed by atoms with Gasteiger partial charge >= 0.3 is 0 Å². The van der Waals surface area contributed by atoms with Gasteiger partial charge < -0.3 is 4.90 Å². The van der Waals surface area contributed by atoms with Crippen molar-refractivity contribution in [3.63, 3.8) is 0 Å². The summed E-state index contributed by atoms with van der Waals surface area (Å²) in [5.74, 6) is 0.0411. The topological polar surface area (TPSA) is 60.9 Å². The van der Waals surface area contributed by atoms with Gasteiger partial charge in [-0.05, 0) is 6.42 Å². The Balaban J connectivity index is 2.59. The zero-order chi connectivity index (χ0) is 13.9. The summed E-state index contributed by atoms with van der Waals surface area (Å²) in [6.07, 6.45) is 0.731. The molecular weight excluding hydrogens is 322 g/mol. The SMILES string of the molecule is CCC(Br)C(=O)N1CCN(S(=O)(=O)N(C)C)CC1. The molecule has 106 valence electrons. The largest absolute Gasteiger partial charge is 0.339 e. The molecule has 0 aliphatic carbocycles. The second kappa shape index (κ2) is 6.31. The van der Waals surface area contributed by atoms with E-state index in [9.17, 15) is 13.2 Å². The molecule has 0 aromatic rings. The predicted octanol–water partition coefficient (Wildman–Crippen LogP) is 0.111. The number of rotatable bonds is 4. The Labute approximate surface area is 117 Å². The first kappa shape index (κ1) is 15.9. The molecule has 0 aromatic heterocycles. The normalized spacial score (nSPS) is 20.2. The first-order valence-electron chi connectivity index (χ1n) is 5.91. The van der Waals surface area contributed by atoms with Crippen LogP contribution in [0.5, 0.6) is 0 Å². The monoisotopic (exact) mass is 341 g/mol. The molecule has 1 aliphatic rings. The molecule has 0 radical (unpaired) electrons. The highest BCUT2D eigenvalue weighted by atomic mass is 79.9. The quantitative estimate of drug-likeness (QED) is 0.682. The third kappa shape index (κ3) is 3.43. The van der Waals surface area contributed by atoms with Crippen LogP contribution in [0, 0.1) is 0 Å². The van der Waals surface area contributed by atoms with Crippen LogP contribution in [0.2, 0.25) is 0 Å². The number of halogens is 1. The van der Waals surface area contributed by atoms with Crippen LogP contribution in [0.4, 0.5) is 0 Å². The van der Waals surface area contributed by atoms with Gasteiger partial charge in [0.15, 0.2) is 0 Å². The lowest BCUT2D eigenvalue weighted by atomic mass is 10.2. The maximum absolute atomic E-state index is 11.9. The van der Waals surface area contributed by atoms with Crippen molar-refractivity contribution in [1.82, 2.24) is 13.5 Å². The molecule has 18 heavy (non-hydrogen) atoms. The molecule has 1 amide bonds. The Kier molecular flexibility index (Phi) is 5.57. The van der Waals surface area contributed by atoms with Crippen molar-refractivity contribution in [3.8, 4) is 0 Å². The van der Waals surface area contributed by atoms with Gasteiger partial charge in [-0.2, -0.15) is 17.0 Å². The van der Waals surface area contributed by atoms with E-state index in [1.165, 1.54) is 22.7 Å². The van der Waals surface area contributed by atoms with Crippen molar-refractivity contribution in [2.45, 2.75) is 18.2 Å². The number of hydrogen-bond acceptors (Lipinski definition) is 3. The summed E-state index contributed by atoms with van der Waals surface area (Å²) in [4.78, 5) is 13.5. The van der Waals surface area contributed by atoms with Crippen LogP contribution in [0.3, 0.4) is 0 Å². The number of alkyl halides is 1. The van der Waals surface area contributed by atoms with Crippen LogP contribution in [-0.4, -0.2) is 72.9 Å². The van der Waals surface area contributed by atoms with Crippen molar-refractivity contribution >= 4 is 32.0 Å². The van der Waals surface area contributed by atoms with Crippen LogP contribution in [0.1, 0.15) is 13.3 Å². The molecule has 1 rings (SSSR count). The van der Waals surface area contributed by atoms with Crippen LogP contribution in [-0.2, 0) is 15.0 Å². The van der Waals surface area contributed by atoms with E-state index in [-0.39, 0.29) is 10.7 Å². The molecule has 0 bridgehead atoms. The Hall–Kier alpha value is -0.180. The minimum absolute atomic E-state index is 0.0411. The molecular formula is C10H20BrN3O3S. The molecule has 0 N–H and O–H groups in total. The van der Waals surface area contributed by atoms with Gasteiger partial charge in [-0.25, -0.2) is 0 Å². The maximum Gasteiger partial charge on any atom is 0.281 e. The minimum Gasteiger partial charge on any atom is -0.339 e. The van der Waals surface area contributed by atoms with Gasteiger partial charge in [-0.15, -0.1) is 0 Å². The van der Waals surface area contributed by atoms with Crippen molar-refractivity contribution in [1.29, 1.82) is 0 Å². The lowest BCUT2D eigenvalue weighted by Gasteiger charge is -2.35. The van der Waals surface area contributed by atoms with E-state index in [1.807, 2.05) is 6.92 Å². The molecule has 1 heterocycles. The van der Waals surface area contributed by atoms with E-state index in [1.54, 1.807) is 4.90 Å². The first-order valence-corrected chi connectivity index (χ1v) is 8.22. The zero-order valence-electron chi connectivity index (χ0n) is 11.0. The average Bonchev–Trinajstić information content (AvgIpc) is 2.36. The fourth-order valence-corrected chi connectivity index (χ4v) is 3.12. The highest BCUT2D eigenvalue weighted by molar-refractivity contribution is 9.10. The van der Waals surface area contributed by atoms with Crippen molar-refractivity contribution in [2.24, 2.45) is 0 Å². The summed E-state index contributed by atoms with van der Waals surface area (Å²) in [6.45, 7) is 3.55. The maximum atomic E-state index is 11.9. The molecule has 1 fully saturated rings. The fourth-order valence-electron chi connectivity index (χ4n) is 1.74. The number of nitrogens with zero attached hydrogens (tertiary/aromatic N) is 3. The second-order valence-electron chi connectivity index (χ2n) is 4.39. The number of carbonyl (C=O) groups excluding carboxylic acids is 1. The number of piperazine rings is 1. The van der Waals surface area contributed by atoms with Crippen molar-refractivity contribution in [2.75, 3.05) is 40.3 Å². The molecule has 1 aliphatic heterocycles. The Morgan fingerprint density at radius 2 is 1.78 bits per heavy atom. The third-order valence-electron chi connectivity index (χ3n) is 2.96. The average molecular weight is 342 g/mol. The lowest BCUT2D eigenvalue weighted by Crippen LogP contribution is -2.54. The summed E-state index contributed by atoms with van der Waals surface area (Å²) in [5.41, 5.74) is 0. The van der Waals surface area contributed by atoms with Crippen molar-refractivity contribution < 1.29 is 13.2 Å². The van der Waals surface area contributed by atoms with E-state index in [2.05, 4.69) is 15.9 Å². The van der Waals surface area contributed by atoms with Gasteiger partial charge in [0.25, 0.3) is 10.2 Å². The smallest absolute Gasteiger partial charge is 0.281 e. The van der Waals surface area contributed by atoms with Gasteiger partial charge in [-0.1, -0.05) is 22.9 Å². The van der Waals surface area contributed by atoms with Crippen LogP contribution >= 0.6 is 15.9 Å². The van der Waals surface area contributed by atoms with E-state index >= 15 is 0 Å². The van der Waals surface area contributed by atoms with Gasteiger partial charge in [-0.3, -0.25) is 4.79 Å². The predicted molar refractivity (Wildman–Crippen MR) is 73.8 cm³/mol. The molecule has 1 unspecified atom stereocenters. The zero-order valence-corrected chi connectivity index (χ0v) is 13.4. The molecule has 8 heteroatoms. The van der Waals surface area contributed by atoms with E-state index in [0.29, 0.717) is 26.2 Å². The standard InChI is InChI=1S/C10H20BrN3O3S/c1-4-9(11)10(15)13-5-7-14(8-6-13)18(16,17)12(2)3/h9H,4-8H2,1-3H3. The lowest BCUT2D eigenvalue weighted by molar-refractivity contribution is -0.131. The highest BCUT2D eigenvalue weighted by Gasteiger charge is 2.31. The summed E-state index contributed by atoms with van der Waals surface area (Å²) in [5, 5.41) is 0. The number of carbonyl (C=O) groups is 1. The summed E-state index contributed by atoms with van der Waals surface area (Å²) >= 11 is 3.32. The number of amides is 1. The first-order chi connectivity index (χ1) is 8.30. The summed E-state index contributed by atoms with van der Waals surface area (Å²) in [7, 11) is -0.333. The Morgan fingerprint density at radius 1 is 1.28 bits per heavy atom. The second-order valence-corrected chi connectivity index (χ2v) is 7.64. The Bertz CT molecular complexity index is 391. The fraction of sp³-hybridized carbons (Fsp3) is 0.900. The van der Waals surface area contributed by atoms with E-state index in [4.69, 9.17) is 0 Å². The number of hydrogen-bond donors (Lipinski definition) is 0. The van der Waals surface area contributed by atoms with E-state index < -0.39 is 10.2 Å². The molecule has 0 spiro atoms. The van der Waals surface area contributed by atoms with Gasteiger partial charge in [0.2, 0.25) is 5.91 Å². The van der Waals surface area contributed by atoms with Gasteiger partial charge in [0, 0.05) is 40.3 Å². The summed E-state index contributed by atoms with van der Waals surface area (Å²) < 4.78 is 26.4. The molecule has 1 saturated heterocycles.